The number of esters is 1. The lowest BCUT2D eigenvalue weighted by Gasteiger charge is -2.11. The largest absolute Gasteiger partial charge is 0.427 e. The van der Waals surface area contributed by atoms with E-state index < -0.39 is 0 Å². The van der Waals surface area contributed by atoms with Gasteiger partial charge in [-0.15, -0.1) is 0 Å². The van der Waals surface area contributed by atoms with Crippen LogP contribution in [0.2, 0.25) is 0 Å². The number of ether oxygens (including phenoxy) is 1. The Hall–Kier alpha value is -1.70. The third-order valence-electron chi connectivity index (χ3n) is 5.33. The fourth-order valence-corrected chi connectivity index (χ4v) is 4.46. The van der Waals surface area contributed by atoms with Gasteiger partial charge < -0.3 is 9.30 Å². The molecule has 0 radical (unpaired) electrons. The third-order valence-corrected chi connectivity index (χ3v) is 6.13. The zero-order chi connectivity index (χ0) is 19.9. The number of nitrogens with zero attached hydrogens (tertiary/aromatic N) is 2. The molecule has 1 aliphatic rings. The van der Waals surface area contributed by atoms with Crippen molar-refractivity contribution in [3.63, 3.8) is 0 Å². The highest BCUT2D eigenvalue weighted by atomic mass is 127. The van der Waals surface area contributed by atoms with Gasteiger partial charge in [0.2, 0.25) is 0 Å². The van der Waals surface area contributed by atoms with Crippen molar-refractivity contribution in [2.24, 2.45) is 5.92 Å². The van der Waals surface area contributed by atoms with Crippen LogP contribution >= 0.6 is 22.6 Å². The fourth-order valence-electron chi connectivity index (χ4n) is 3.76. The number of aldehydes is 1. The zero-order valence-electron chi connectivity index (χ0n) is 16.3. The summed E-state index contributed by atoms with van der Waals surface area (Å²) in [6.45, 7) is 2.73. The average Bonchev–Trinajstić information content (AvgIpc) is 3.29. The second kappa shape index (κ2) is 10.2. The Balaban J connectivity index is 1.65. The van der Waals surface area contributed by atoms with Crippen LogP contribution in [0.15, 0.2) is 24.3 Å². The quantitative estimate of drug-likeness (QED) is 0.209. The van der Waals surface area contributed by atoms with Gasteiger partial charge in [0.15, 0.2) is 6.29 Å². The van der Waals surface area contributed by atoms with E-state index in [1.807, 2.05) is 28.8 Å². The predicted octanol–water partition coefficient (Wildman–Crippen LogP) is 5.18. The number of imidazole rings is 1. The summed E-state index contributed by atoms with van der Waals surface area (Å²) in [5, 5.41) is 0. The molecule has 6 heteroatoms. The molecule has 1 aromatic carbocycles. The minimum atomic E-state index is -0.145. The van der Waals surface area contributed by atoms with Crippen LogP contribution < -0.4 is 4.74 Å². The van der Waals surface area contributed by atoms with E-state index in [4.69, 9.17) is 4.74 Å². The molecule has 0 bridgehead atoms. The Kier molecular flexibility index (Phi) is 7.65. The molecule has 1 aromatic heterocycles. The van der Waals surface area contributed by atoms with Gasteiger partial charge in [0, 0.05) is 19.4 Å². The van der Waals surface area contributed by atoms with Crippen molar-refractivity contribution in [3.8, 4) is 5.75 Å². The van der Waals surface area contributed by atoms with Gasteiger partial charge >= 0.3 is 5.97 Å². The van der Waals surface area contributed by atoms with Crippen LogP contribution in [-0.4, -0.2) is 21.8 Å². The molecule has 2 aromatic rings. The Bertz CT molecular complexity index is 808. The number of rotatable bonds is 9. The van der Waals surface area contributed by atoms with E-state index in [0.717, 1.165) is 53.5 Å². The van der Waals surface area contributed by atoms with Gasteiger partial charge in [0.1, 0.15) is 21.0 Å². The van der Waals surface area contributed by atoms with Crippen LogP contribution in [0.25, 0.3) is 0 Å². The lowest BCUT2D eigenvalue weighted by molar-refractivity contribution is -0.135. The Morgan fingerprint density at radius 2 is 2.00 bits per heavy atom. The highest BCUT2D eigenvalue weighted by Gasteiger charge is 2.20. The number of benzene rings is 1. The summed E-state index contributed by atoms with van der Waals surface area (Å²) in [6.07, 6.45) is 9.10. The zero-order valence-corrected chi connectivity index (χ0v) is 18.5. The number of aryl methyl sites for hydroxylation is 1. The summed E-state index contributed by atoms with van der Waals surface area (Å²) in [6, 6.07) is 7.55. The summed E-state index contributed by atoms with van der Waals surface area (Å²) in [5.74, 6) is 1.86. The maximum absolute atomic E-state index is 12.1. The van der Waals surface area contributed by atoms with E-state index in [1.54, 1.807) is 0 Å². The number of hydrogen-bond donors (Lipinski definition) is 0. The SMILES string of the molecule is CCCCc1nc(I)c(C=O)n1Cc1ccc(OC(=O)CC2CCCC2)cc1. The lowest BCUT2D eigenvalue weighted by atomic mass is 10.0. The molecule has 1 heterocycles. The van der Waals surface area contributed by atoms with Crippen molar-refractivity contribution < 1.29 is 14.3 Å². The van der Waals surface area contributed by atoms with Crippen molar-refractivity contribution in [2.45, 2.75) is 64.8 Å². The summed E-state index contributed by atoms with van der Waals surface area (Å²) in [7, 11) is 0. The van der Waals surface area contributed by atoms with Crippen molar-refractivity contribution in [3.05, 3.63) is 45.0 Å². The first kappa shape index (κ1) is 21.0. The van der Waals surface area contributed by atoms with Crippen LogP contribution in [0, 0.1) is 9.62 Å². The molecule has 0 atom stereocenters. The molecule has 5 nitrogen and oxygen atoms in total. The van der Waals surface area contributed by atoms with E-state index in [1.165, 1.54) is 12.8 Å². The highest BCUT2D eigenvalue weighted by Crippen LogP contribution is 2.28. The number of aromatic nitrogens is 2. The van der Waals surface area contributed by atoms with Crippen molar-refractivity contribution >= 4 is 34.8 Å². The first-order valence-electron chi connectivity index (χ1n) is 10.1. The Morgan fingerprint density at radius 3 is 2.64 bits per heavy atom. The number of hydrogen-bond acceptors (Lipinski definition) is 4. The van der Waals surface area contributed by atoms with Gasteiger partial charge in [0.25, 0.3) is 0 Å². The Labute approximate surface area is 180 Å². The molecule has 3 rings (SSSR count). The fraction of sp³-hybridized carbons (Fsp3) is 0.500. The summed E-state index contributed by atoms with van der Waals surface area (Å²) < 4.78 is 8.23. The van der Waals surface area contributed by atoms with Gasteiger partial charge in [-0.1, -0.05) is 38.3 Å². The average molecular weight is 494 g/mol. The molecule has 0 unspecified atom stereocenters. The molecule has 0 amide bonds. The molecule has 0 N–H and O–H groups in total. The first-order chi connectivity index (χ1) is 13.6. The molecule has 0 spiro atoms. The van der Waals surface area contributed by atoms with E-state index in [9.17, 15) is 9.59 Å². The second-order valence-electron chi connectivity index (χ2n) is 7.48. The third kappa shape index (κ3) is 5.43. The smallest absolute Gasteiger partial charge is 0.311 e. The van der Waals surface area contributed by atoms with E-state index >= 15 is 0 Å². The predicted molar refractivity (Wildman–Crippen MR) is 117 cm³/mol. The van der Waals surface area contributed by atoms with E-state index in [2.05, 4.69) is 34.5 Å². The van der Waals surface area contributed by atoms with E-state index in [0.29, 0.717) is 30.3 Å². The number of halogens is 1. The van der Waals surface area contributed by atoms with Crippen LogP contribution in [0.1, 0.15) is 73.7 Å². The van der Waals surface area contributed by atoms with Crippen LogP contribution in [0.5, 0.6) is 5.75 Å². The molecular formula is C22H27IN2O3. The van der Waals surface area contributed by atoms with Crippen molar-refractivity contribution in [1.82, 2.24) is 9.55 Å². The van der Waals surface area contributed by atoms with Gasteiger partial charge in [-0.3, -0.25) is 9.59 Å². The summed E-state index contributed by atoms with van der Waals surface area (Å²) >= 11 is 2.12. The standard InChI is InChI=1S/C22H27IN2O3/c1-2-3-8-20-24-22(23)19(15-26)25(20)14-17-9-11-18(12-10-17)28-21(27)13-16-6-4-5-7-16/h9-12,15-16H,2-8,13-14H2,1H3. The molecule has 1 aliphatic carbocycles. The molecular weight excluding hydrogens is 467 g/mol. The monoisotopic (exact) mass is 494 g/mol. The van der Waals surface area contributed by atoms with Crippen LogP contribution in [-0.2, 0) is 17.8 Å². The number of carbonyl (C=O) groups excluding carboxylic acids is 2. The van der Waals surface area contributed by atoms with Gasteiger partial charge in [-0.05, 0) is 65.5 Å². The second-order valence-corrected chi connectivity index (χ2v) is 8.51. The first-order valence-corrected chi connectivity index (χ1v) is 11.2. The molecule has 0 aliphatic heterocycles. The topological polar surface area (TPSA) is 61.2 Å². The van der Waals surface area contributed by atoms with Gasteiger partial charge in [-0.2, -0.15) is 0 Å². The number of unbranched alkanes of at least 4 members (excludes halogenated alkanes) is 1. The summed E-state index contributed by atoms with van der Waals surface area (Å²) in [4.78, 5) is 28.2. The molecule has 150 valence electrons. The minimum Gasteiger partial charge on any atom is -0.427 e. The lowest BCUT2D eigenvalue weighted by Crippen LogP contribution is -2.12. The Morgan fingerprint density at radius 1 is 1.29 bits per heavy atom. The maximum Gasteiger partial charge on any atom is 0.311 e. The van der Waals surface area contributed by atoms with Crippen molar-refractivity contribution in [2.75, 3.05) is 0 Å². The van der Waals surface area contributed by atoms with Crippen molar-refractivity contribution in [1.29, 1.82) is 0 Å². The summed E-state index contributed by atoms with van der Waals surface area (Å²) in [5.41, 5.74) is 1.67. The molecule has 28 heavy (non-hydrogen) atoms. The molecule has 0 saturated heterocycles. The number of carbonyl (C=O) groups is 2. The molecule has 1 fully saturated rings. The molecule has 1 saturated carbocycles. The van der Waals surface area contributed by atoms with Crippen LogP contribution in [0.3, 0.4) is 0 Å². The minimum absolute atomic E-state index is 0.145. The normalized spacial score (nSPS) is 14.4. The van der Waals surface area contributed by atoms with Gasteiger partial charge in [0.05, 0.1) is 0 Å². The van der Waals surface area contributed by atoms with Crippen LogP contribution in [0.4, 0.5) is 0 Å². The van der Waals surface area contributed by atoms with E-state index in [-0.39, 0.29) is 5.97 Å². The highest BCUT2D eigenvalue weighted by molar-refractivity contribution is 14.1. The van der Waals surface area contributed by atoms with Gasteiger partial charge in [-0.25, -0.2) is 4.98 Å². The maximum atomic E-state index is 12.1.